The van der Waals surface area contributed by atoms with Crippen LogP contribution in [0.2, 0.25) is 0 Å². The lowest BCUT2D eigenvalue weighted by Crippen LogP contribution is -2.28. The Morgan fingerprint density at radius 1 is 1.19 bits per heavy atom. The van der Waals surface area contributed by atoms with E-state index in [0.717, 1.165) is 0 Å². The largest absolute Gasteiger partial charge is 0.422 e. The predicted octanol–water partition coefficient (Wildman–Crippen LogP) is 3.41. The summed E-state index contributed by atoms with van der Waals surface area (Å²) in [6.07, 6.45) is 0. The van der Waals surface area contributed by atoms with Gasteiger partial charge >= 0.3 is 5.97 Å². The zero-order valence-corrected chi connectivity index (χ0v) is 15.0. The van der Waals surface area contributed by atoms with Gasteiger partial charge in [-0.3, -0.25) is 14.9 Å². The Bertz CT molecular complexity index is 1120. The van der Waals surface area contributed by atoms with Crippen molar-refractivity contribution in [2.45, 2.75) is 26.8 Å². The maximum atomic E-state index is 12.7. The van der Waals surface area contributed by atoms with Gasteiger partial charge in [0.05, 0.1) is 16.4 Å². The number of nitro groups is 1. The molecule has 0 fully saturated rings. The van der Waals surface area contributed by atoms with Crippen molar-refractivity contribution in [1.29, 1.82) is 0 Å². The van der Waals surface area contributed by atoms with Crippen molar-refractivity contribution in [3.8, 4) is 5.75 Å². The van der Waals surface area contributed by atoms with E-state index in [-0.39, 0.29) is 28.7 Å². The van der Waals surface area contributed by atoms with Crippen molar-refractivity contribution in [2.75, 3.05) is 0 Å². The van der Waals surface area contributed by atoms with E-state index in [4.69, 9.17) is 4.74 Å². The number of nitrogens with zero attached hydrogens (tertiary/aromatic N) is 3. The van der Waals surface area contributed by atoms with Gasteiger partial charge in [-0.25, -0.2) is 9.48 Å². The summed E-state index contributed by atoms with van der Waals surface area (Å²) in [7, 11) is 0. The molecule has 8 nitrogen and oxygen atoms in total. The SMILES string of the molecule is Cc1cc(OC(=O)c2nn(C(C)C)c(=O)c3ccccc23)ccc1[N+](=O)[O-]. The molecule has 0 amide bonds. The van der Waals surface area contributed by atoms with E-state index in [1.807, 2.05) is 0 Å². The summed E-state index contributed by atoms with van der Waals surface area (Å²) in [4.78, 5) is 35.7. The summed E-state index contributed by atoms with van der Waals surface area (Å²) in [5.41, 5.74) is 0.0280. The standard InChI is InChI=1S/C19H17N3O5/c1-11(2)21-18(23)15-7-5-4-6-14(15)17(20-21)19(24)27-13-8-9-16(22(25)26)12(3)10-13/h4-11H,1-3H3. The summed E-state index contributed by atoms with van der Waals surface area (Å²) < 4.78 is 6.60. The van der Waals surface area contributed by atoms with Crippen LogP contribution in [0.5, 0.6) is 5.75 Å². The Balaban J connectivity index is 2.06. The van der Waals surface area contributed by atoms with Gasteiger partial charge in [-0.05, 0) is 39.0 Å². The lowest BCUT2D eigenvalue weighted by atomic mass is 10.1. The number of hydrogen-bond donors (Lipinski definition) is 0. The van der Waals surface area contributed by atoms with E-state index in [1.165, 1.54) is 22.9 Å². The average Bonchev–Trinajstić information content (AvgIpc) is 2.61. The van der Waals surface area contributed by atoms with Gasteiger partial charge in [0, 0.05) is 17.0 Å². The molecule has 0 aliphatic rings. The van der Waals surface area contributed by atoms with Gasteiger partial charge in [0.15, 0.2) is 5.69 Å². The Morgan fingerprint density at radius 2 is 1.85 bits per heavy atom. The number of hydrogen-bond acceptors (Lipinski definition) is 6. The molecule has 0 N–H and O–H groups in total. The Kier molecular flexibility index (Phi) is 4.72. The Morgan fingerprint density at radius 3 is 2.44 bits per heavy atom. The molecule has 0 atom stereocenters. The highest BCUT2D eigenvalue weighted by Crippen LogP contribution is 2.24. The maximum Gasteiger partial charge on any atom is 0.364 e. The minimum atomic E-state index is -0.742. The number of rotatable bonds is 4. The van der Waals surface area contributed by atoms with Crippen molar-refractivity contribution < 1.29 is 14.5 Å². The van der Waals surface area contributed by atoms with Crippen molar-refractivity contribution in [2.24, 2.45) is 0 Å². The second-order valence-corrected chi connectivity index (χ2v) is 6.33. The number of aromatic nitrogens is 2. The smallest absolute Gasteiger partial charge is 0.364 e. The van der Waals surface area contributed by atoms with Gasteiger partial charge in [0.2, 0.25) is 0 Å². The van der Waals surface area contributed by atoms with Gasteiger partial charge in [0.1, 0.15) is 5.75 Å². The topological polar surface area (TPSA) is 104 Å². The number of fused-ring (bicyclic) bond motifs is 1. The van der Waals surface area contributed by atoms with Gasteiger partial charge < -0.3 is 4.74 Å². The number of aryl methyl sites for hydroxylation is 1. The van der Waals surface area contributed by atoms with Crippen LogP contribution in [0.15, 0.2) is 47.3 Å². The van der Waals surface area contributed by atoms with E-state index in [1.54, 1.807) is 45.0 Å². The fourth-order valence-corrected chi connectivity index (χ4v) is 2.76. The van der Waals surface area contributed by atoms with E-state index in [0.29, 0.717) is 16.3 Å². The minimum absolute atomic E-state index is 0.00917. The number of carbonyl (C=O) groups excluding carboxylic acids is 1. The van der Waals surface area contributed by atoms with Crippen molar-refractivity contribution in [1.82, 2.24) is 9.78 Å². The van der Waals surface area contributed by atoms with E-state index < -0.39 is 10.9 Å². The van der Waals surface area contributed by atoms with Crippen LogP contribution in [0.1, 0.15) is 35.9 Å². The van der Waals surface area contributed by atoms with Crippen molar-refractivity contribution in [3.05, 3.63) is 74.2 Å². The Hall–Kier alpha value is -3.55. The monoisotopic (exact) mass is 367 g/mol. The van der Waals surface area contributed by atoms with E-state index in [9.17, 15) is 19.7 Å². The third kappa shape index (κ3) is 3.41. The molecule has 8 heteroatoms. The van der Waals surface area contributed by atoms with Crippen LogP contribution in [0.4, 0.5) is 5.69 Å². The Labute approximate surface area is 154 Å². The molecule has 3 rings (SSSR count). The lowest BCUT2D eigenvalue weighted by molar-refractivity contribution is -0.385. The molecule has 3 aromatic rings. The lowest BCUT2D eigenvalue weighted by Gasteiger charge is -2.13. The molecule has 0 aliphatic carbocycles. The number of esters is 1. The molecule has 0 aliphatic heterocycles. The number of nitro benzene ring substituents is 1. The summed E-state index contributed by atoms with van der Waals surface area (Å²) in [6, 6.07) is 10.5. The van der Waals surface area contributed by atoms with E-state index >= 15 is 0 Å². The predicted molar refractivity (Wildman–Crippen MR) is 99.2 cm³/mol. The first-order chi connectivity index (χ1) is 12.8. The van der Waals surface area contributed by atoms with Gasteiger partial charge in [-0.2, -0.15) is 5.10 Å². The van der Waals surface area contributed by atoms with Crippen LogP contribution >= 0.6 is 0 Å². The quantitative estimate of drug-likeness (QED) is 0.303. The van der Waals surface area contributed by atoms with Crippen LogP contribution < -0.4 is 10.3 Å². The summed E-state index contributed by atoms with van der Waals surface area (Å²) >= 11 is 0. The molecule has 27 heavy (non-hydrogen) atoms. The zero-order chi connectivity index (χ0) is 19.7. The molecule has 0 saturated heterocycles. The molecule has 0 radical (unpaired) electrons. The number of benzene rings is 2. The molecular weight excluding hydrogens is 350 g/mol. The number of ether oxygens (including phenoxy) is 1. The minimum Gasteiger partial charge on any atom is -0.422 e. The normalized spacial score (nSPS) is 11.0. The molecule has 0 bridgehead atoms. The first-order valence-electron chi connectivity index (χ1n) is 8.28. The molecular formula is C19H17N3O5. The van der Waals surface area contributed by atoms with Crippen LogP contribution in [-0.2, 0) is 0 Å². The molecule has 0 unspecified atom stereocenters. The molecule has 2 aromatic carbocycles. The fraction of sp³-hybridized carbons (Fsp3) is 0.211. The zero-order valence-electron chi connectivity index (χ0n) is 15.0. The van der Waals surface area contributed by atoms with Crippen molar-refractivity contribution >= 4 is 22.4 Å². The van der Waals surface area contributed by atoms with Crippen LogP contribution in [0.25, 0.3) is 10.8 Å². The van der Waals surface area contributed by atoms with Crippen LogP contribution in [0, 0.1) is 17.0 Å². The van der Waals surface area contributed by atoms with Crippen LogP contribution in [0.3, 0.4) is 0 Å². The number of carbonyl (C=O) groups is 1. The average molecular weight is 367 g/mol. The van der Waals surface area contributed by atoms with Crippen molar-refractivity contribution in [3.63, 3.8) is 0 Å². The van der Waals surface area contributed by atoms with Gasteiger partial charge in [-0.15, -0.1) is 0 Å². The molecule has 0 spiro atoms. The third-order valence-corrected chi connectivity index (χ3v) is 4.09. The molecule has 0 saturated carbocycles. The van der Waals surface area contributed by atoms with Gasteiger partial charge in [0.25, 0.3) is 11.2 Å². The maximum absolute atomic E-state index is 12.7. The first-order valence-corrected chi connectivity index (χ1v) is 8.28. The summed E-state index contributed by atoms with van der Waals surface area (Å²) in [5.74, 6) is -0.579. The third-order valence-electron chi connectivity index (χ3n) is 4.09. The second-order valence-electron chi connectivity index (χ2n) is 6.33. The summed E-state index contributed by atoms with van der Waals surface area (Å²) in [6.45, 7) is 5.14. The molecule has 1 heterocycles. The second kappa shape index (κ2) is 6.99. The van der Waals surface area contributed by atoms with Crippen LogP contribution in [-0.4, -0.2) is 20.7 Å². The van der Waals surface area contributed by atoms with E-state index in [2.05, 4.69) is 5.10 Å². The summed E-state index contributed by atoms with van der Waals surface area (Å²) in [5, 5.41) is 15.9. The molecule has 1 aromatic heterocycles. The fourth-order valence-electron chi connectivity index (χ4n) is 2.76. The first kappa shape index (κ1) is 18.2. The highest BCUT2D eigenvalue weighted by Gasteiger charge is 2.20. The highest BCUT2D eigenvalue weighted by atomic mass is 16.6. The van der Waals surface area contributed by atoms with Gasteiger partial charge in [-0.1, -0.05) is 18.2 Å². The molecule has 138 valence electrons. The highest BCUT2D eigenvalue weighted by molar-refractivity contribution is 6.02.